The van der Waals surface area contributed by atoms with Crippen molar-refractivity contribution in [1.29, 1.82) is 0 Å². The van der Waals surface area contributed by atoms with E-state index in [4.69, 9.17) is 4.74 Å². The van der Waals surface area contributed by atoms with Gasteiger partial charge >= 0.3 is 0 Å². The van der Waals surface area contributed by atoms with Crippen LogP contribution in [0.2, 0.25) is 0 Å². The molecule has 1 fully saturated rings. The molecule has 2 amide bonds. The highest BCUT2D eigenvalue weighted by molar-refractivity contribution is 5.89. The number of para-hydroxylation sites is 1. The van der Waals surface area contributed by atoms with Crippen LogP contribution in [-0.2, 0) is 27.4 Å². The Bertz CT molecular complexity index is 1420. The lowest BCUT2D eigenvalue weighted by atomic mass is 9.98. The number of rotatable bonds is 9. The number of aryl methyl sites for hydroxylation is 1. The quantitative estimate of drug-likeness (QED) is 0.365. The average molecular weight is 516 g/mol. The predicted molar refractivity (Wildman–Crippen MR) is 140 cm³/mol. The molecule has 0 radical (unpaired) electrons. The number of carbonyl (C=O) groups is 2. The summed E-state index contributed by atoms with van der Waals surface area (Å²) in [5.41, 5.74) is 3.70. The number of hydrogen-bond donors (Lipinski definition) is 1. The minimum Gasteiger partial charge on any atom is -0.376 e. The second-order valence-electron chi connectivity index (χ2n) is 9.52. The first-order valence-corrected chi connectivity index (χ1v) is 12.8. The topological polar surface area (TPSA) is 89.4 Å². The third-order valence-corrected chi connectivity index (χ3v) is 6.86. The van der Waals surface area contributed by atoms with Crippen LogP contribution in [0.25, 0.3) is 11.0 Å². The van der Waals surface area contributed by atoms with Crippen molar-refractivity contribution in [3.05, 3.63) is 95.3 Å². The van der Waals surface area contributed by atoms with Crippen LogP contribution in [0.4, 0.5) is 4.39 Å². The van der Waals surface area contributed by atoms with Gasteiger partial charge in [0.1, 0.15) is 23.9 Å². The van der Waals surface area contributed by atoms with Crippen LogP contribution >= 0.6 is 0 Å². The Labute approximate surface area is 220 Å². The first-order valence-electron chi connectivity index (χ1n) is 12.8. The Kier molecular flexibility index (Phi) is 7.74. The van der Waals surface area contributed by atoms with Gasteiger partial charge in [0.25, 0.3) is 0 Å². The maximum Gasteiger partial charge on any atom is 0.247 e. The molecule has 1 N–H and O–H groups in total. The van der Waals surface area contributed by atoms with Crippen molar-refractivity contribution in [2.75, 3.05) is 13.2 Å². The maximum absolute atomic E-state index is 14.0. The molecular weight excluding hydrogens is 485 g/mol. The van der Waals surface area contributed by atoms with Crippen LogP contribution in [0, 0.1) is 12.7 Å². The van der Waals surface area contributed by atoms with E-state index in [0.717, 1.165) is 29.5 Å². The number of carbonyl (C=O) groups excluding carboxylic acids is 2. The Hall–Kier alpha value is -4.11. The van der Waals surface area contributed by atoms with Gasteiger partial charge in [0.15, 0.2) is 0 Å². The Balaban J connectivity index is 1.50. The molecule has 0 aliphatic carbocycles. The monoisotopic (exact) mass is 515 g/mol. The summed E-state index contributed by atoms with van der Waals surface area (Å²) in [5, 5.41) is 11.3. The SMILES string of the molecule is Cc1ccccc1[C@@H](C(=O)NC[C@H]1CCCO1)N(Cc1ccc(F)cc1)C(=O)Cn1nnc2ccccc21. The summed E-state index contributed by atoms with van der Waals surface area (Å²) in [4.78, 5) is 29.3. The maximum atomic E-state index is 14.0. The van der Waals surface area contributed by atoms with Gasteiger partial charge in [-0.05, 0) is 60.7 Å². The van der Waals surface area contributed by atoms with E-state index in [1.165, 1.54) is 21.7 Å². The van der Waals surface area contributed by atoms with E-state index in [0.29, 0.717) is 24.2 Å². The number of ether oxygens (including phenoxy) is 1. The fraction of sp³-hybridized carbons (Fsp3) is 0.310. The van der Waals surface area contributed by atoms with Crippen molar-refractivity contribution in [2.45, 2.75) is 45.0 Å². The summed E-state index contributed by atoms with van der Waals surface area (Å²) in [6, 6.07) is 20.0. The van der Waals surface area contributed by atoms with Gasteiger partial charge in [0.05, 0.1) is 11.6 Å². The van der Waals surface area contributed by atoms with Crippen LogP contribution < -0.4 is 5.32 Å². The number of aromatic nitrogens is 3. The predicted octanol–water partition coefficient (Wildman–Crippen LogP) is 3.94. The molecule has 2 heterocycles. The molecule has 196 valence electrons. The smallest absolute Gasteiger partial charge is 0.247 e. The largest absolute Gasteiger partial charge is 0.376 e. The minimum atomic E-state index is -0.912. The highest BCUT2D eigenvalue weighted by atomic mass is 19.1. The molecule has 0 spiro atoms. The molecule has 8 nitrogen and oxygen atoms in total. The molecule has 1 aromatic heterocycles. The number of hydrogen-bond acceptors (Lipinski definition) is 5. The van der Waals surface area contributed by atoms with Crippen LogP contribution in [0.5, 0.6) is 0 Å². The standard InChI is InChI=1S/C29H30FN5O3/c1-20-7-2-3-9-24(20)28(29(37)31-17-23-8-6-16-38-23)34(18-21-12-14-22(30)15-13-21)27(36)19-35-26-11-5-4-10-25(26)32-33-35/h2-5,7,9-15,23,28H,6,8,16-19H2,1H3,(H,31,37)/t23-,28+/m1/s1. The fourth-order valence-corrected chi connectivity index (χ4v) is 4.82. The van der Waals surface area contributed by atoms with Crippen LogP contribution in [0.3, 0.4) is 0 Å². The van der Waals surface area contributed by atoms with Crippen molar-refractivity contribution in [2.24, 2.45) is 0 Å². The molecule has 4 aromatic rings. The summed E-state index contributed by atoms with van der Waals surface area (Å²) in [6.45, 7) is 2.97. The molecule has 3 aromatic carbocycles. The molecule has 38 heavy (non-hydrogen) atoms. The second-order valence-corrected chi connectivity index (χ2v) is 9.52. The van der Waals surface area contributed by atoms with Gasteiger partial charge in [-0.15, -0.1) is 5.10 Å². The minimum absolute atomic E-state index is 0.0424. The molecule has 0 bridgehead atoms. The summed E-state index contributed by atoms with van der Waals surface area (Å²) < 4.78 is 20.9. The van der Waals surface area contributed by atoms with Gasteiger partial charge in [0.2, 0.25) is 11.8 Å². The van der Waals surface area contributed by atoms with Crippen molar-refractivity contribution in [3.8, 4) is 0 Å². The van der Waals surface area contributed by atoms with Gasteiger partial charge in [-0.1, -0.05) is 53.7 Å². The molecular formula is C29H30FN5O3. The number of halogens is 1. The van der Waals surface area contributed by atoms with E-state index in [9.17, 15) is 14.0 Å². The summed E-state index contributed by atoms with van der Waals surface area (Å²) in [5.74, 6) is -0.982. The van der Waals surface area contributed by atoms with Crippen molar-refractivity contribution < 1.29 is 18.7 Å². The van der Waals surface area contributed by atoms with E-state index in [2.05, 4.69) is 15.6 Å². The van der Waals surface area contributed by atoms with Gasteiger partial charge in [-0.3, -0.25) is 9.59 Å². The second kappa shape index (κ2) is 11.5. The van der Waals surface area contributed by atoms with Gasteiger partial charge < -0.3 is 15.0 Å². The molecule has 1 aliphatic heterocycles. The first-order chi connectivity index (χ1) is 18.5. The lowest BCUT2D eigenvalue weighted by Crippen LogP contribution is -2.46. The molecule has 0 unspecified atom stereocenters. The van der Waals surface area contributed by atoms with Gasteiger partial charge in [-0.2, -0.15) is 0 Å². The molecule has 9 heteroatoms. The highest BCUT2D eigenvalue weighted by Gasteiger charge is 2.33. The lowest BCUT2D eigenvalue weighted by molar-refractivity contribution is -0.142. The number of fused-ring (bicyclic) bond motifs is 1. The normalized spacial score (nSPS) is 15.9. The number of benzene rings is 3. The summed E-state index contributed by atoms with van der Waals surface area (Å²) in [6.07, 6.45) is 1.80. The van der Waals surface area contributed by atoms with E-state index in [1.807, 2.05) is 55.5 Å². The third kappa shape index (κ3) is 5.73. The van der Waals surface area contributed by atoms with Crippen molar-refractivity contribution >= 4 is 22.8 Å². The molecule has 1 aliphatic rings. The Morgan fingerprint density at radius 3 is 2.63 bits per heavy atom. The summed E-state index contributed by atoms with van der Waals surface area (Å²) in [7, 11) is 0. The molecule has 0 saturated carbocycles. The zero-order chi connectivity index (χ0) is 26.5. The molecule has 5 rings (SSSR count). The lowest BCUT2D eigenvalue weighted by Gasteiger charge is -2.32. The van der Waals surface area contributed by atoms with Crippen molar-refractivity contribution in [3.63, 3.8) is 0 Å². The fourth-order valence-electron chi connectivity index (χ4n) is 4.82. The van der Waals surface area contributed by atoms with E-state index < -0.39 is 6.04 Å². The molecule has 2 atom stereocenters. The number of nitrogens with zero attached hydrogens (tertiary/aromatic N) is 4. The third-order valence-electron chi connectivity index (χ3n) is 6.86. The van der Waals surface area contributed by atoms with Crippen LogP contribution in [0.1, 0.15) is 35.6 Å². The van der Waals surface area contributed by atoms with Gasteiger partial charge in [0, 0.05) is 19.7 Å². The average Bonchev–Trinajstić information content (AvgIpc) is 3.60. The van der Waals surface area contributed by atoms with Crippen LogP contribution in [0.15, 0.2) is 72.8 Å². The van der Waals surface area contributed by atoms with E-state index in [1.54, 1.807) is 12.1 Å². The first kappa shape index (κ1) is 25.5. The molecule has 1 saturated heterocycles. The van der Waals surface area contributed by atoms with E-state index in [-0.39, 0.29) is 36.8 Å². The van der Waals surface area contributed by atoms with E-state index >= 15 is 0 Å². The zero-order valence-corrected chi connectivity index (χ0v) is 21.2. The van der Waals surface area contributed by atoms with Gasteiger partial charge in [-0.25, -0.2) is 9.07 Å². The summed E-state index contributed by atoms with van der Waals surface area (Å²) >= 11 is 0. The van der Waals surface area contributed by atoms with Crippen LogP contribution in [-0.4, -0.2) is 51.0 Å². The number of amides is 2. The van der Waals surface area contributed by atoms with Crippen molar-refractivity contribution in [1.82, 2.24) is 25.2 Å². The Morgan fingerprint density at radius 1 is 1.11 bits per heavy atom. The zero-order valence-electron chi connectivity index (χ0n) is 21.2. The highest BCUT2D eigenvalue weighted by Crippen LogP contribution is 2.27. The Morgan fingerprint density at radius 2 is 1.87 bits per heavy atom. The number of nitrogens with one attached hydrogen (secondary N) is 1.